The number of hydrogen-bond acceptors (Lipinski definition) is 5. The molecular formula is C20H25N3O4. The van der Waals surface area contributed by atoms with Crippen LogP contribution in [0, 0.1) is 0 Å². The number of carbonyl (C=O) groups is 2. The second kappa shape index (κ2) is 10.9. The molecule has 0 spiro atoms. The number of nitrogens with one attached hydrogen (secondary N) is 2. The number of carbonyl (C=O) groups excluding carboxylic acids is 2. The summed E-state index contributed by atoms with van der Waals surface area (Å²) in [6.45, 7) is 1.54. The number of hydrogen-bond donors (Lipinski definition) is 2. The van der Waals surface area contributed by atoms with E-state index in [1.807, 2.05) is 24.3 Å². The minimum atomic E-state index is -0.308. The summed E-state index contributed by atoms with van der Waals surface area (Å²) in [5, 5.41) is 5.57. The Morgan fingerprint density at radius 3 is 2.15 bits per heavy atom. The Hall–Kier alpha value is -2.93. The fourth-order valence-corrected chi connectivity index (χ4v) is 2.40. The number of nitrogens with zero attached hydrogens (tertiary/aromatic N) is 1. The molecule has 0 saturated heterocycles. The predicted molar refractivity (Wildman–Crippen MR) is 102 cm³/mol. The molecule has 0 saturated carbocycles. The summed E-state index contributed by atoms with van der Waals surface area (Å²) in [6, 6.07) is 12.5. The number of amides is 2. The van der Waals surface area contributed by atoms with Gasteiger partial charge in [-0.2, -0.15) is 0 Å². The summed E-state index contributed by atoms with van der Waals surface area (Å²) in [7, 11) is 3.23. The number of ether oxygens (including phenoxy) is 2. The van der Waals surface area contributed by atoms with E-state index in [4.69, 9.17) is 9.47 Å². The van der Waals surface area contributed by atoms with E-state index < -0.39 is 0 Å². The normalized spacial score (nSPS) is 10.3. The van der Waals surface area contributed by atoms with Crippen LogP contribution in [-0.2, 0) is 11.2 Å². The molecule has 0 aliphatic rings. The van der Waals surface area contributed by atoms with Crippen molar-refractivity contribution in [3.05, 3.63) is 59.4 Å². The van der Waals surface area contributed by atoms with Crippen LogP contribution in [-0.4, -0.2) is 50.7 Å². The van der Waals surface area contributed by atoms with Gasteiger partial charge < -0.3 is 20.1 Å². The molecule has 0 aliphatic carbocycles. The lowest BCUT2D eigenvalue weighted by atomic mass is 10.1. The maximum Gasteiger partial charge on any atom is 0.269 e. The van der Waals surface area contributed by atoms with Crippen LogP contribution in [0.25, 0.3) is 0 Å². The van der Waals surface area contributed by atoms with E-state index in [2.05, 4.69) is 15.6 Å². The molecule has 0 unspecified atom stereocenters. The van der Waals surface area contributed by atoms with Crippen LogP contribution < -0.4 is 15.4 Å². The summed E-state index contributed by atoms with van der Waals surface area (Å²) in [6.07, 6.45) is 1.41. The molecule has 144 valence electrons. The molecule has 0 aliphatic heterocycles. The highest BCUT2D eigenvalue weighted by Crippen LogP contribution is 2.11. The molecule has 1 heterocycles. The molecule has 2 N–H and O–H groups in total. The standard InChI is InChI=1S/C20H25N3O4/c1-26-14-4-12-21-19(24)17-5-3-6-18(23-17)20(25)22-13-11-15-7-9-16(27-2)10-8-15/h3,5-10H,4,11-14H2,1-2H3,(H,21,24)(H,22,25). The van der Waals surface area contributed by atoms with Crippen molar-refractivity contribution in [2.24, 2.45) is 0 Å². The zero-order chi connectivity index (χ0) is 19.5. The highest BCUT2D eigenvalue weighted by Gasteiger charge is 2.11. The van der Waals surface area contributed by atoms with Gasteiger partial charge in [0.25, 0.3) is 11.8 Å². The lowest BCUT2D eigenvalue weighted by molar-refractivity contribution is 0.0941. The Morgan fingerprint density at radius 1 is 0.926 bits per heavy atom. The van der Waals surface area contributed by atoms with Crippen LogP contribution in [0.2, 0.25) is 0 Å². The highest BCUT2D eigenvalue weighted by molar-refractivity contribution is 5.96. The molecule has 27 heavy (non-hydrogen) atoms. The molecule has 0 atom stereocenters. The van der Waals surface area contributed by atoms with Gasteiger partial charge in [0.2, 0.25) is 0 Å². The molecule has 1 aromatic heterocycles. The van der Waals surface area contributed by atoms with E-state index in [0.29, 0.717) is 32.5 Å². The van der Waals surface area contributed by atoms with Crippen molar-refractivity contribution in [2.75, 3.05) is 33.9 Å². The number of pyridine rings is 1. The molecule has 0 radical (unpaired) electrons. The van der Waals surface area contributed by atoms with Crippen LogP contribution in [0.1, 0.15) is 33.0 Å². The fraction of sp³-hybridized carbons (Fsp3) is 0.350. The van der Waals surface area contributed by atoms with Gasteiger partial charge in [0, 0.05) is 26.8 Å². The topological polar surface area (TPSA) is 89.5 Å². The Morgan fingerprint density at radius 2 is 1.56 bits per heavy atom. The van der Waals surface area contributed by atoms with Gasteiger partial charge in [-0.15, -0.1) is 0 Å². The van der Waals surface area contributed by atoms with Gasteiger partial charge >= 0.3 is 0 Å². The van der Waals surface area contributed by atoms with Gasteiger partial charge in [-0.3, -0.25) is 9.59 Å². The molecule has 1 aromatic carbocycles. The number of aromatic nitrogens is 1. The van der Waals surface area contributed by atoms with Gasteiger partial charge in [0.15, 0.2) is 0 Å². The van der Waals surface area contributed by atoms with E-state index in [1.165, 1.54) is 0 Å². The monoisotopic (exact) mass is 371 g/mol. The van der Waals surface area contributed by atoms with Crippen molar-refractivity contribution < 1.29 is 19.1 Å². The smallest absolute Gasteiger partial charge is 0.269 e. The minimum absolute atomic E-state index is 0.217. The fourth-order valence-electron chi connectivity index (χ4n) is 2.40. The lowest BCUT2D eigenvalue weighted by Crippen LogP contribution is -2.29. The molecule has 7 heteroatoms. The van der Waals surface area contributed by atoms with Crippen LogP contribution in [0.4, 0.5) is 0 Å². The van der Waals surface area contributed by atoms with Gasteiger partial charge in [-0.05, 0) is 42.7 Å². The third kappa shape index (κ3) is 6.71. The first-order chi connectivity index (χ1) is 13.1. The Bertz CT molecular complexity index is 747. The molecule has 0 bridgehead atoms. The third-order valence-corrected chi connectivity index (χ3v) is 3.88. The van der Waals surface area contributed by atoms with Crippen LogP contribution >= 0.6 is 0 Å². The van der Waals surface area contributed by atoms with E-state index in [-0.39, 0.29) is 23.2 Å². The van der Waals surface area contributed by atoms with Crippen molar-refractivity contribution in [2.45, 2.75) is 12.8 Å². The van der Waals surface area contributed by atoms with Crippen molar-refractivity contribution in [1.29, 1.82) is 0 Å². The van der Waals surface area contributed by atoms with E-state index in [9.17, 15) is 9.59 Å². The largest absolute Gasteiger partial charge is 0.497 e. The predicted octanol–water partition coefficient (Wildman–Crippen LogP) is 1.83. The quantitative estimate of drug-likeness (QED) is 0.622. The number of benzene rings is 1. The van der Waals surface area contributed by atoms with Crippen molar-refractivity contribution in [3.63, 3.8) is 0 Å². The van der Waals surface area contributed by atoms with Crippen molar-refractivity contribution in [1.82, 2.24) is 15.6 Å². The third-order valence-electron chi connectivity index (χ3n) is 3.88. The van der Waals surface area contributed by atoms with Crippen LogP contribution in [0.3, 0.4) is 0 Å². The van der Waals surface area contributed by atoms with E-state index in [1.54, 1.807) is 32.4 Å². The first kappa shape index (κ1) is 20.4. The second-order valence-corrected chi connectivity index (χ2v) is 5.86. The summed E-state index contributed by atoms with van der Waals surface area (Å²) in [4.78, 5) is 28.5. The van der Waals surface area contributed by atoms with Gasteiger partial charge in [-0.25, -0.2) is 4.98 Å². The van der Waals surface area contributed by atoms with Crippen LogP contribution in [0.15, 0.2) is 42.5 Å². The zero-order valence-corrected chi connectivity index (χ0v) is 15.7. The highest BCUT2D eigenvalue weighted by atomic mass is 16.5. The summed E-state index contributed by atoms with van der Waals surface area (Å²) >= 11 is 0. The van der Waals surface area contributed by atoms with E-state index >= 15 is 0 Å². The van der Waals surface area contributed by atoms with Gasteiger partial charge in [-0.1, -0.05) is 18.2 Å². The SMILES string of the molecule is COCCCNC(=O)c1cccc(C(=O)NCCc2ccc(OC)cc2)n1. The molecule has 2 amide bonds. The number of rotatable bonds is 10. The maximum atomic E-state index is 12.3. The molecule has 7 nitrogen and oxygen atoms in total. The molecular weight excluding hydrogens is 346 g/mol. The van der Waals surface area contributed by atoms with Crippen molar-refractivity contribution >= 4 is 11.8 Å². The first-order valence-electron chi connectivity index (χ1n) is 8.79. The average Bonchev–Trinajstić information content (AvgIpc) is 2.71. The van der Waals surface area contributed by atoms with Gasteiger partial charge in [0.1, 0.15) is 17.1 Å². The summed E-state index contributed by atoms with van der Waals surface area (Å²) < 4.78 is 10.1. The Balaban J connectivity index is 1.83. The summed E-state index contributed by atoms with van der Waals surface area (Å²) in [5.41, 5.74) is 1.53. The average molecular weight is 371 g/mol. The van der Waals surface area contributed by atoms with Crippen molar-refractivity contribution in [3.8, 4) is 5.75 Å². The summed E-state index contributed by atoms with van der Waals surface area (Å²) in [5.74, 6) is 0.181. The zero-order valence-electron chi connectivity index (χ0n) is 15.7. The molecule has 2 aromatic rings. The maximum absolute atomic E-state index is 12.3. The second-order valence-electron chi connectivity index (χ2n) is 5.86. The Labute approximate surface area is 159 Å². The first-order valence-corrected chi connectivity index (χ1v) is 8.79. The van der Waals surface area contributed by atoms with Crippen LogP contribution in [0.5, 0.6) is 5.75 Å². The van der Waals surface area contributed by atoms with E-state index in [0.717, 1.165) is 11.3 Å². The van der Waals surface area contributed by atoms with Gasteiger partial charge in [0.05, 0.1) is 7.11 Å². The number of methoxy groups -OCH3 is 2. The Kier molecular flexibility index (Phi) is 8.25. The molecule has 0 fully saturated rings. The molecule has 2 rings (SSSR count). The minimum Gasteiger partial charge on any atom is -0.497 e. The lowest BCUT2D eigenvalue weighted by Gasteiger charge is -2.08.